The van der Waals surface area contributed by atoms with E-state index in [4.69, 9.17) is 9.47 Å². The Hall–Kier alpha value is -0.500. The van der Waals surface area contributed by atoms with Crippen molar-refractivity contribution >= 4 is 0 Å². The van der Waals surface area contributed by atoms with Gasteiger partial charge in [-0.05, 0) is 19.8 Å². The monoisotopic (exact) mass is 156 g/mol. The Morgan fingerprint density at radius 3 is 3.09 bits per heavy atom. The first kappa shape index (κ1) is 8.60. The van der Waals surface area contributed by atoms with Crippen molar-refractivity contribution in [1.29, 1.82) is 0 Å². The van der Waals surface area contributed by atoms with E-state index in [9.17, 15) is 0 Å². The maximum absolute atomic E-state index is 5.34. The van der Waals surface area contributed by atoms with Crippen molar-refractivity contribution < 1.29 is 9.47 Å². The number of hydrogen-bond acceptors (Lipinski definition) is 2. The minimum Gasteiger partial charge on any atom is -0.499 e. The van der Waals surface area contributed by atoms with Crippen molar-refractivity contribution in [3.63, 3.8) is 0 Å². The van der Waals surface area contributed by atoms with Crippen LogP contribution in [0.25, 0.3) is 0 Å². The second-order valence-electron chi connectivity index (χ2n) is 2.99. The van der Waals surface area contributed by atoms with E-state index in [1.54, 1.807) is 0 Å². The van der Waals surface area contributed by atoms with Crippen molar-refractivity contribution in [3.8, 4) is 0 Å². The van der Waals surface area contributed by atoms with Crippen LogP contribution in [-0.2, 0) is 9.47 Å². The summed E-state index contributed by atoms with van der Waals surface area (Å²) in [7, 11) is 0. The van der Waals surface area contributed by atoms with Crippen LogP contribution < -0.4 is 0 Å². The van der Waals surface area contributed by atoms with Crippen molar-refractivity contribution in [2.24, 2.45) is 5.92 Å². The normalized spacial score (nSPS) is 27.5. The molecule has 1 heterocycles. The summed E-state index contributed by atoms with van der Waals surface area (Å²) in [6.45, 7) is 7.36. The molecule has 1 fully saturated rings. The Labute approximate surface area is 68.2 Å². The number of rotatable bonds is 3. The average Bonchev–Trinajstić information content (AvgIpc) is 2.07. The van der Waals surface area contributed by atoms with Crippen LogP contribution in [0.4, 0.5) is 0 Å². The minimum atomic E-state index is 0.257. The van der Waals surface area contributed by atoms with Crippen molar-refractivity contribution in [1.82, 2.24) is 0 Å². The first-order chi connectivity index (χ1) is 5.34. The summed E-state index contributed by atoms with van der Waals surface area (Å²) in [5.74, 6) is 0.557. The second kappa shape index (κ2) is 4.39. The average molecular weight is 156 g/mol. The summed E-state index contributed by atoms with van der Waals surface area (Å²) >= 11 is 0. The van der Waals surface area contributed by atoms with Gasteiger partial charge in [-0.15, -0.1) is 0 Å². The summed E-state index contributed by atoms with van der Waals surface area (Å²) in [4.78, 5) is 0. The van der Waals surface area contributed by atoms with Crippen LogP contribution in [-0.4, -0.2) is 19.3 Å². The van der Waals surface area contributed by atoms with Gasteiger partial charge in [-0.1, -0.05) is 6.58 Å². The van der Waals surface area contributed by atoms with E-state index in [-0.39, 0.29) is 6.10 Å². The zero-order valence-electron chi connectivity index (χ0n) is 7.08. The zero-order valence-corrected chi connectivity index (χ0v) is 7.08. The maximum Gasteiger partial charge on any atom is 0.1000 e. The lowest BCUT2D eigenvalue weighted by molar-refractivity contribution is -0.00739. The molecule has 1 aliphatic rings. The third-order valence-electron chi connectivity index (χ3n) is 2.17. The van der Waals surface area contributed by atoms with Crippen LogP contribution in [0.15, 0.2) is 12.8 Å². The lowest BCUT2D eigenvalue weighted by atomic mass is 9.97. The van der Waals surface area contributed by atoms with Gasteiger partial charge in [0.05, 0.1) is 19.0 Å². The fourth-order valence-corrected chi connectivity index (χ4v) is 1.40. The van der Waals surface area contributed by atoms with Crippen LogP contribution >= 0.6 is 0 Å². The summed E-state index contributed by atoms with van der Waals surface area (Å²) < 4.78 is 10.6. The van der Waals surface area contributed by atoms with Crippen LogP contribution in [0.5, 0.6) is 0 Å². The minimum absolute atomic E-state index is 0.257. The van der Waals surface area contributed by atoms with Crippen LogP contribution in [0.1, 0.15) is 19.8 Å². The standard InChI is InChI=1S/C9H16O2/c1-3-11-8(2)9-5-4-6-10-7-9/h3,8-9H,1,4-7H2,2H3. The Balaban J connectivity index is 2.26. The molecule has 1 saturated heterocycles. The molecular weight excluding hydrogens is 140 g/mol. The molecule has 0 aromatic rings. The molecule has 1 aliphatic heterocycles. The van der Waals surface area contributed by atoms with E-state index in [0.29, 0.717) is 5.92 Å². The van der Waals surface area contributed by atoms with Gasteiger partial charge in [0, 0.05) is 12.5 Å². The van der Waals surface area contributed by atoms with E-state index in [1.807, 2.05) is 0 Å². The third-order valence-corrected chi connectivity index (χ3v) is 2.17. The molecular formula is C9H16O2. The Bertz CT molecular complexity index is 117. The van der Waals surface area contributed by atoms with Gasteiger partial charge in [0.2, 0.25) is 0 Å². The van der Waals surface area contributed by atoms with Gasteiger partial charge in [-0.25, -0.2) is 0 Å². The molecule has 0 aromatic carbocycles. The van der Waals surface area contributed by atoms with Crippen LogP contribution in [0.3, 0.4) is 0 Å². The first-order valence-electron chi connectivity index (χ1n) is 4.18. The molecule has 0 aliphatic carbocycles. The summed E-state index contributed by atoms with van der Waals surface area (Å²) in [6.07, 6.45) is 4.15. The zero-order chi connectivity index (χ0) is 8.10. The van der Waals surface area contributed by atoms with Gasteiger partial charge < -0.3 is 9.47 Å². The van der Waals surface area contributed by atoms with Crippen molar-refractivity contribution in [3.05, 3.63) is 12.8 Å². The molecule has 0 aromatic heterocycles. The highest BCUT2D eigenvalue weighted by molar-refractivity contribution is 4.71. The van der Waals surface area contributed by atoms with Gasteiger partial charge in [0.1, 0.15) is 0 Å². The Morgan fingerprint density at radius 1 is 1.73 bits per heavy atom. The van der Waals surface area contributed by atoms with Gasteiger partial charge in [0.25, 0.3) is 0 Å². The van der Waals surface area contributed by atoms with Crippen molar-refractivity contribution in [2.45, 2.75) is 25.9 Å². The Kier molecular flexibility index (Phi) is 3.43. The molecule has 2 atom stereocenters. The quantitative estimate of drug-likeness (QED) is 0.581. The highest BCUT2D eigenvalue weighted by Crippen LogP contribution is 2.19. The smallest absolute Gasteiger partial charge is 0.1000 e. The molecule has 1 rings (SSSR count). The van der Waals surface area contributed by atoms with Gasteiger partial charge in [-0.3, -0.25) is 0 Å². The predicted molar refractivity (Wildman–Crippen MR) is 44.3 cm³/mol. The van der Waals surface area contributed by atoms with E-state index >= 15 is 0 Å². The molecule has 2 heteroatoms. The van der Waals surface area contributed by atoms with E-state index in [0.717, 1.165) is 19.6 Å². The van der Waals surface area contributed by atoms with Gasteiger partial charge >= 0.3 is 0 Å². The van der Waals surface area contributed by atoms with E-state index < -0.39 is 0 Å². The highest BCUT2D eigenvalue weighted by atomic mass is 16.5. The number of hydrogen-bond donors (Lipinski definition) is 0. The summed E-state index contributed by atoms with van der Waals surface area (Å²) in [5, 5.41) is 0. The molecule has 11 heavy (non-hydrogen) atoms. The Morgan fingerprint density at radius 2 is 2.55 bits per heavy atom. The second-order valence-corrected chi connectivity index (χ2v) is 2.99. The molecule has 2 unspecified atom stereocenters. The third kappa shape index (κ3) is 2.54. The topological polar surface area (TPSA) is 18.5 Å². The molecule has 0 radical (unpaired) electrons. The maximum atomic E-state index is 5.34. The summed E-state index contributed by atoms with van der Waals surface area (Å²) in [6, 6.07) is 0. The molecule has 2 nitrogen and oxygen atoms in total. The molecule has 0 spiro atoms. The van der Waals surface area contributed by atoms with Gasteiger partial charge in [0.15, 0.2) is 0 Å². The van der Waals surface area contributed by atoms with Crippen molar-refractivity contribution in [2.75, 3.05) is 13.2 Å². The molecule has 0 amide bonds. The first-order valence-corrected chi connectivity index (χ1v) is 4.18. The lowest BCUT2D eigenvalue weighted by Gasteiger charge is -2.26. The largest absolute Gasteiger partial charge is 0.499 e. The van der Waals surface area contributed by atoms with Crippen LogP contribution in [0, 0.1) is 5.92 Å². The lowest BCUT2D eigenvalue weighted by Crippen LogP contribution is -2.27. The molecule has 64 valence electrons. The predicted octanol–water partition coefficient (Wildman–Crippen LogP) is 1.96. The fourth-order valence-electron chi connectivity index (χ4n) is 1.40. The van der Waals surface area contributed by atoms with E-state index in [2.05, 4.69) is 13.5 Å². The molecule has 0 saturated carbocycles. The van der Waals surface area contributed by atoms with Crippen LogP contribution in [0.2, 0.25) is 0 Å². The molecule has 0 N–H and O–H groups in total. The molecule has 0 bridgehead atoms. The van der Waals surface area contributed by atoms with Gasteiger partial charge in [-0.2, -0.15) is 0 Å². The fraction of sp³-hybridized carbons (Fsp3) is 0.778. The highest BCUT2D eigenvalue weighted by Gasteiger charge is 2.20. The summed E-state index contributed by atoms with van der Waals surface area (Å²) in [5.41, 5.74) is 0. The number of ether oxygens (including phenoxy) is 2. The van der Waals surface area contributed by atoms with E-state index in [1.165, 1.54) is 12.7 Å². The SMILES string of the molecule is C=COC(C)C1CCCOC1.